The minimum absolute atomic E-state index is 0.413. The van der Waals surface area contributed by atoms with E-state index in [9.17, 15) is 12.8 Å². The van der Waals surface area contributed by atoms with Crippen molar-refractivity contribution in [2.45, 2.75) is 18.2 Å². The van der Waals surface area contributed by atoms with E-state index in [1.165, 1.54) is 25.1 Å². The van der Waals surface area contributed by atoms with Crippen LogP contribution in [0.5, 0.6) is 0 Å². The van der Waals surface area contributed by atoms with Crippen molar-refractivity contribution in [3.05, 3.63) is 35.6 Å². The van der Waals surface area contributed by atoms with E-state index in [1.54, 1.807) is 6.07 Å². The van der Waals surface area contributed by atoms with Gasteiger partial charge in [-0.1, -0.05) is 12.1 Å². The molecule has 1 rings (SSSR count). The van der Waals surface area contributed by atoms with Crippen LogP contribution in [-0.2, 0) is 9.84 Å². The molecule has 0 aliphatic carbocycles. The second kappa shape index (κ2) is 4.28. The van der Waals surface area contributed by atoms with E-state index in [-0.39, 0.29) is 0 Å². The van der Waals surface area contributed by atoms with E-state index in [0.717, 1.165) is 6.26 Å². The van der Waals surface area contributed by atoms with Crippen LogP contribution in [0.2, 0.25) is 0 Å². The zero-order valence-electron chi connectivity index (χ0n) is 8.64. The van der Waals surface area contributed by atoms with Crippen LogP contribution in [0.15, 0.2) is 24.3 Å². The van der Waals surface area contributed by atoms with Crippen molar-refractivity contribution in [3.63, 3.8) is 0 Å². The Balaban J connectivity index is 3.00. The SMILES string of the molecule is C[C@H]([C@H](N)c1cccc(F)c1)S(C)(=O)=O. The first-order valence-electron chi connectivity index (χ1n) is 4.52. The molecule has 1 aromatic carbocycles. The predicted molar refractivity (Wildman–Crippen MR) is 57.6 cm³/mol. The zero-order chi connectivity index (χ0) is 11.6. The molecule has 0 spiro atoms. The van der Waals surface area contributed by atoms with Crippen molar-refractivity contribution in [2.24, 2.45) is 5.73 Å². The van der Waals surface area contributed by atoms with Crippen molar-refractivity contribution in [1.29, 1.82) is 0 Å². The van der Waals surface area contributed by atoms with Gasteiger partial charge in [0.15, 0.2) is 9.84 Å². The lowest BCUT2D eigenvalue weighted by molar-refractivity contribution is 0.568. The normalized spacial score (nSPS) is 16.0. The third-order valence-electron chi connectivity index (χ3n) is 2.41. The van der Waals surface area contributed by atoms with Gasteiger partial charge in [0, 0.05) is 12.3 Å². The maximum atomic E-state index is 12.9. The molecule has 2 atom stereocenters. The summed E-state index contributed by atoms with van der Waals surface area (Å²) in [5, 5.41) is -0.723. The lowest BCUT2D eigenvalue weighted by Gasteiger charge is -2.18. The smallest absolute Gasteiger partial charge is 0.151 e. The molecule has 1 aromatic rings. The van der Waals surface area contributed by atoms with Gasteiger partial charge in [0.1, 0.15) is 5.82 Å². The molecule has 0 amide bonds. The highest BCUT2D eigenvalue weighted by Gasteiger charge is 2.24. The minimum atomic E-state index is -3.21. The van der Waals surface area contributed by atoms with Crippen LogP contribution in [0.3, 0.4) is 0 Å². The average Bonchev–Trinajstić information content (AvgIpc) is 2.14. The van der Waals surface area contributed by atoms with E-state index < -0.39 is 26.9 Å². The molecule has 84 valence electrons. The first-order valence-corrected chi connectivity index (χ1v) is 6.47. The molecule has 3 nitrogen and oxygen atoms in total. The number of nitrogens with two attached hydrogens (primary N) is 1. The van der Waals surface area contributed by atoms with Gasteiger partial charge in [-0.05, 0) is 24.6 Å². The van der Waals surface area contributed by atoms with Crippen LogP contribution < -0.4 is 5.73 Å². The molecule has 2 N–H and O–H groups in total. The predicted octanol–water partition coefficient (Wildman–Crippen LogP) is 1.26. The Bertz CT molecular complexity index is 444. The maximum Gasteiger partial charge on any atom is 0.151 e. The molecular formula is C10H14FNO2S. The Morgan fingerprint density at radius 3 is 2.47 bits per heavy atom. The summed E-state index contributed by atoms with van der Waals surface area (Å²) in [6.07, 6.45) is 1.12. The molecule has 0 aliphatic heterocycles. The van der Waals surface area contributed by atoms with Gasteiger partial charge < -0.3 is 5.73 Å². The molecule has 0 saturated carbocycles. The second-order valence-corrected chi connectivity index (χ2v) is 6.02. The van der Waals surface area contributed by atoms with Gasteiger partial charge in [0.05, 0.1) is 5.25 Å². The van der Waals surface area contributed by atoms with Gasteiger partial charge in [0.25, 0.3) is 0 Å². The third-order valence-corrected chi connectivity index (χ3v) is 4.06. The highest BCUT2D eigenvalue weighted by atomic mass is 32.2. The molecule has 0 unspecified atom stereocenters. The Hall–Kier alpha value is -0.940. The third kappa shape index (κ3) is 3.00. The molecule has 0 aromatic heterocycles. The van der Waals surface area contributed by atoms with E-state index in [2.05, 4.69) is 0 Å². The van der Waals surface area contributed by atoms with Crippen LogP contribution in [0.1, 0.15) is 18.5 Å². The van der Waals surface area contributed by atoms with Crippen molar-refractivity contribution >= 4 is 9.84 Å². The van der Waals surface area contributed by atoms with E-state index in [0.29, 0.717) is 5.56 Å². The molecule has 5 heteroatoms. The van der Waals surface area contributed by atoms with Crippen LogP contribution in [0.4, 0.5) is 4.39 Å². The van der Waals surface area contributed by atoms with E-state index in [4.69, 9.17) is 5.73 Å². The topological polar surface area (TPSA) is 60.2 Å². The van der Waals surface area contributed by atoms with Crippen molar-refractivity contribution in [3.8, 4) is 0 Å². The average molecular weight is 231 g/mol. The largest absolute Gasteiger partial charge is 0.323 e. The summed E-state index contributed by atoms with van der Waals surface area (Å²) in [7, 11) is -3.21. The van der Waals surface area contributed by atoms with Gasteiger partial charge in [-0.2, -0.15) is 0 Å². The summed E-state index contributed by atoms with van der Waals surface area (Å²) < 4.78 is 35.4. The summed E-state index contributed by atoms with van der Waals surface area (Å²) in [4.78, 5) is 0. The summed E-state index contributed by atoms with van der Waals surface area (Å²) in [5.74, 6) is -0.413. The Labute approximate surface area is 89.0 Å². The van der Waals surface area contributed by atoms with Gasteiger partial charge in [0.2, 0.25) is 0 Å². The fourth-order valence-electron chi connectivity index (χ4n) is 1.25. The fraction of sp³-hybridized carbons (Fsp3) is 0.400. The second-order valence-electron chi connectivity index (χ2n) is 3.62. The van der Waals surface area contributed by atoms with Crippen molar-refractivity contribution in [1.82, 2.24) is 0 Å². The van der Waals surface area contributed by atoms with Crippen LogP contribution in [-0.4, -0.2) is 19.9 Å². The lowest BCUT2D eigenvalue weighted by Crippen LogP contribution is -2.30. The highest BCUT2D eigenvalue weighted by molar-refractivity contribution is 7.91. The van der Waals surface area contributed by atoms with Crippen LogP contribution in [0.25, 0.3) is 0 Å². The van der Waals surface area contributed by atoms with E-state index >= 15 is 0 Å². The lowest BCUT2D eigenvalue weighted by atomic mass is 10.1. The van der Waals surface area contributed by atoms with Gasteiger partial charge in [-0.25, -0.2) is 12.8 Å². The van der Waals surface area contributed by atoms with Crippen LogP contribution in [0, 0.1) is 5.82 Å². The van der Waals surface area contributed by atoms with Crippen LogP contribution >= 0.6 is 0 Å². The van der Waals surface area contributed by atoms with Gasteiger partial charge in [-0.3, -0.25) is 0 Å². The first kappa shape index (κ1) is 12.1. The van der Waals surface area contributed by atoms with E-state index in [1.807, 2.05) is 0 Å². The summed E-state index contributed by atoms with van der Waals surface area (Å²) in [6.45, 7) is 1.52. The summed E-state index contributed by atoms with van der Waals surface area (Å²) >= 11 is 0. The minimum Gasteiger partial charge on any atom is -0.323 e. The fourth-order valence-corrected chi connectivity index (χ4v) is 1.94. The number of benzene rings is 1. The summed E-state index contributed by atoms with van der Waals surface area (Å²) in [5.41, 5.74) is 6.24. The first-order chi connectivity index (χ1) is 6.82. The highest BCUT2D eigenvalue weighted by Crippen LogP contribution is 2.19. The Kier molecular flexibility index (Phi) is 3.46. The molecule has 0 heterocycles. The Morgan fingerprint density at radius 1 is 1.40 bits per heavy atom. The standard InChI is InChI=1S/C10H14FNO2S/c1-7(15(2,13)14)10(12)8-4-3-5-9(11)6-8/h3-7,10H,12H2,1-2H3/t7-,10+/m1/s1. The molecule has 0 radical (unpaired) electrons. The molecule has 15 heavy (non-hydrogen) atoms. The number of sulfone groups is 1. The van der Waals surface area contributed by atoms with Gasteiger partial charge in [-0.15, -0.1) is 0 Å². The van der Waals surface area contributed by atoms with Crippen molar-refractivity contribution < 1.29 is 12.8 Å². The zero-order valence-corrected chi connectivity index (χ0v) is 9.46. The Morgan fingerprint density at radius 2 is 2.00 bits per heavy atom. The molecule has 0 bridgehead atoms. The molecular weight excluding hydrogens is 217 g/mol. The number of rotatable bonds is 3. The number of halogens is 1. The number of hydrogen-bond acceptors (Lipinski definition) is 3. The van der Waals surface area contributed by atoms with Gasteiger partial charge >= 0.3 is 0 Å². The molecule has 0 fully saturated rings. The molecule has 0 aliphatic rings. The monoisotopic (exact) mass is 231 g/mol. The molecule has 0 saturated heterocycles. The maximum absolute atomic E-state index is 12.9. The number of hydrogen-bond donors (Lipinski definition) is 1. The quantitative estimate of drug-likeness (QED) is 0.852. The summed E-state index contributed by atoms with van der Waals surface area (Å²) in [6, 6.07) is 4.98. The van der Waals surface area contributed by atoms with Crippen molar-refractivity contribution in [2.75, 3.05) is 6.26 Å².